The molecule has 34 heavy (non-hydrogen) atoms. The third kappa shape index (κ3) is 3.03. The van der Waals surface area contributed by atoms with Gasteiger partial charge in [0.2, 0.25) is 23.5 Å². The first kappa shape index (κ1) is 19.5. The van der Waals surface area contributed by atoms with Crippen molar-refractivity contribution in [2.24, 2.45) is 0 Å². The van der Waals surface area contributed by atoms with Crippen molar-refractivity contribution in [2.75, 3.05) is 22.9 Å². The number of pyridine rings is 2. The van der Waals surface area contributed by atoms with E-state index in [9.17, 15) is 0 Å². The fourth-order valence-corrected chi connectivity index (χ4v) is 4.05. The molecule has 0 saturated carbocycles. The summed E-state index contributed by atoms with van der Waals surface area (Å²) in [6.07, 6.45) is 4.58. The summed E-state index contributed by atoms with van der Waals surface area (Å²) in [6.45, 7) is 0. The Morgan fingerprint density at radius 2 is 1.12 bits per heavy atom. The summed E-state index contributed by atoms with van der Waals surface area (Å²) in [5.41, 5.74) is 29.8. The average Bonchev–Trinajstić information content (AvgIpc) is 3.49. The molecule has 11 nitrogen and oxygen atoms in total. The van der Waals surface area contributed by atoms with Crippen LogP contribution in [0.1, 0.15) is 0 Å². The second kappa shape index (κ2) is 7.17. The molecule has 2 aliphatic carbocycles. The summed E-state index contributed by atoms with van der Waals surface area (Å²) in [5, 5.41) is 0. The van der Waals surface area contributed by atoms with Gasteiger partial charge < -0.3 is 42.4 Å². The Kier molecular flexibility index (Phi) is 4.11. The molecular weight excluding hydrogens is 434 g/mol. The molecule has 4 heterocycles. The van der Waals surface area contributed by atoms with Gasteiger partial charge in [-0.15, -0.1) is 0 Å². The van der Waals surface area contributed by atoms with Crippen LogP contribution in [0, 0.1) is 0 Å². The quantitative estimate of drug-likeness (QED) is 0.230. The molecule has 0 bridgehead atoms. The van der Waals surface area contributed by atoms with Gasteiger partial charge in [0.25, 0.3) is 0 Å². The largest absolute Gasteiger partial charge is 0.422 e. The fraction of sp³-hybridized carbons (Fsp3) is 0. The number of H-pyrrole nitrogens is 2. The van der Waals surface area contributed by atoms with Gasteiger partial charge in [0, 0.05) is 47.0 Å². The Hall–Kier alpha value is -5.19. The number of nitrogens with zero attached hydrogens (tertiary/aromatic N) is 3. The number of anilines is 4. The molecule has 10 N–H and O–H groups in total. The van der Waals surface area contributed by atoms with Crippen LogP contribution in [0.4, 0.5) is 23.0 Å². The van der Waals surface area contributed by atoms with E-state index in [1.165, 1.54) is 6.33 Å². The standard InChI is InChI=1S/C23H19N9O2/c24-14-3-1-10-5-16(31-20(26)18(10)14)33-22-12-7-28-8-13(12)23(30-9-29-22)34-17-6-11-2-4-15(25)19(11)21(27)32-17/h1-9,31-32H,24-27H2. The molecule has 0 atom stereocenters. The average molecular weight is 453 g/mol. The highest BCUT2D eigenvalue weighted by molar-refractivity contribution is 5.89. The number of nitrogens with one attached hydrogen (secondary N) is 2. The predicted octanol–water partition coefficient (Wildman–Crippen LogP) is 3.76. The molecule has 6 rings (SSSR count). The van der Waals surface area contributed by atoms with Crippen LogP contribution >= 0.6 is 0 Å². The Bertz CT molecular complexity index is 1460. The molecule has 11 heteroatoms. The van der Waals surface area contributed by atoms with Gasteiger partial charge in [-0.25, -0.2) is 9.97 Å². The van der Waals surface area contributed by atoms with Gasteiger partial charge in [-0.2, -0.15) is 0 Å². The summed E-state index contributed by atoms with van der Waals surface area (Å²) in [6, 6.07) is 10.9. The Balaban J connectivity index is 1.35. The number of ether oxygens (including phenoxy) is 2. The zero-order chi connectivity index (χ0) is 23.4. The van der Waals surface area contributed by atoms with Gasteiger partial charge >= 0.3 is 0 Å². The van der Waals surface area contributed by atoms with Gasteiger partial charge in [0.05, 0.1) is 11.1 Å². The van der Waals surface area contributed by atoms with Crippen molar-refractivity contribution >= 4 is 23.0 Å². The SMILES string of the molecule is Nc1ccc2cc(Oc3ncnc(Oc4cc5ccc(N)c-5c(N)[nH]4)c4cncc3-4)[nH]c(N)c1-2. The Labute approximate surface area is 192 Å². The van der Waals surface area contributed by atoms with Crippen LogP contribution in [0.15, 0.2) is 55.1 Å². The second-order valence-corrected chi connectivity index (χ2v) is 7.76. The molecule has 0 spiro atoms. The maximum Gasteiger partial charge on any atom is 0.232 e. The third-order valence-electron chi connectivity index (χ3n) is 5.59. The zero-order valence-corrected chi connectivity index (χ0v) is 17.7. The lowest BCUT2D eigenvalue weighted by atomic mass is 10.1. The van der Waals surface area contributed by atoms with Crippen molar-refractivity contribution in [3.8, 4) is 56.9 Å². The maximum atomic E-state index is 6.13. The van der Waals surface area contributed by atoms with Gasteiger partial charge in [0.1, 0.15) is 18.0 Å². The summed E-state index contributed by atoms with van der Waals surface area (Å²) in [7, 11) is 0. The Morgan fingerprint density at radius 1 is 0.647 bits per heavy atom. The lowest BCUT2D eigenvalue weighted by molar-refractivity contribution is 0.447. The molecule has 0 aromatic carbocycles. The topological polar surface area (TPSA) is 193 Å². The van der Waals surface area contributed by atoms with E-state index >= 15 is 0 Å². The van der Waals surface area contributed by atoms with Crippen LogP contribution in [0.5, 0.6) is 23.5 Å². The second-order valence-electron chi connectivity index (χ2n) is 7.76. The van der Waals surface area contributed by atoms with Crippen molar-refractivity contribution in [3.63, 3.8) is 0 Å². The van der Waals surface area contributed by atoms with Crippen molar-refractivity contribution in [1.82, 2.24) is 24.9 Å². The molecule has 4 aliphatic heterocycles. The number of fused-ring (bicyclic) bond motifs is 3. The number of rotatable bonds is 4. The van der Waals surface area contributed by atoms with Crippen LogP contribution in [0.3, 0.4) is 0 Å². The van der Waals surface area contributed by atoms with Crippen molar-refractivity contribution in [1.29, 1.82) is 0 Å². The van der Waals surface area contributed by atoms with E-state index in [-0.39, 0.29) is 11.8 Å². The summed E-state index contributed by atoms with van der Waals surface area (Å²) in [5.74, 6) is 2.11. The molecular formula is C23H19N9O2. The van der Waals surface area contributed by atoms with Crippen molar-refractivity contribution in [3.05, 3.63) is 55.1 Å². The van der Waals surface area contributed by atoms with Crippen LogP contribution in [-0.4, -0.2) is 24.9 Å². The van der Waals surface area contributed by atoms with Crippen molar-refractivity contribution in [2.45, 2.75) is 0 Å². The first-order chi connectivity index (χ1) is 16.5. The van der Waals surface area contributed by atoms with E-state index in [2.05, 4.69) is 24.9 Å². The normalized spacial score (nSPS) is 11.4. The molecule has 0 amide bonds. The molecule has 0 saturated heterocycles. The zero-order valence-electron chi connectivity index (χ0n) is 17.7. The van der Waals surface area contributed by atoms with Crippen LogP contribution < -0.4 is 32.4 Å². The predicted molar refractivity (Wildman–Crippen MR) is 129 cm³/mol. The fourth-order valence-electron chi connectivity index (χ4n) is 4.05. The number of aromatic amines is 2. The lowest BCUT2D eigenvalue weighted by Crippen LogP contribution is -2.00. The number of hydrogen-bond acceptors (Lipinski definition) is 9. The van der Waals surface area contributed by atoms with E-state index in [1.54, 1.807) is 36.7 Å². The maximum absolute atomic E-state index is 6.13. The highest BCUT2D eigenvalue weighted by atomic mass is 16.5. The van der Waals surface area contributed by atoms with Gasteiger partial charge in [-0.05, 0) is 23.3 Å². The van der Waals surface area contributed by atoms with Gasteiger partial charge in [0.15, 0.2) is 0 Å². The molecule has 0 unspecified atom stereocenters. The minimum atomic E-state index is 0.270. The van der Waals surface area contributed by atoms with E-state index < -0.39 is 0 Å². The molecule has 0 aromatic rings. The molecule has 0 radical (unpaired) electrons. The molecule has 168 valence electrons. The summed E-state index contributed by atoms with van der Waals surface area (Å²) in [4.78, 5) is 18.9. The lowest BCUT2D eigenvalue weighted by Gasteiger charge is -2.12. The number of nitrogen functional groups attached to an aromatic ring is 4. The first-order valence-corrected chi connectivity index (χ1v) is 10.3. The van der Waals surface area contributed by atoms with E-state index in [0.717, 1.165) is 22.3 Å². The smallest absolute Gasteiger partial charge is 0.232 e. The van der Waals surface area contributed by atoms with E-state index in [1.807, 2.05) is 12.1 Å². The number of hydrogen-bond donors (Lipinski definition) is 6. The van der Waals surface area contributed by atoms with Gasteiger partial charge in [-0.1, -0.05) is 12.1 Å². The summed E-state index contributed by atoms with van der Waals surface area (Å²) >= 11 is 0. The molecule has 0 aromatic heterocycles. The molecule has 0 fully saturated rings. The summed E-state index contributed by atoms with van der Waals surface area (Å²) < 4.78 is 12.1. The first-order valence-electron chi connectivity index (χ1n) is 10.3. The minimum Gasteiger partial charge on any atom is -0.422 e. The van der Waals surface area contributed by atoms with Crippen LogP contribution in [0.2, 0.25) is 0 Å². The van der Waals surface area contributed by atoms with Crippen LogP contribution in [-0.2, 0) is 0 Å². The third-order valence-corrected chi connectivity index (χ3v) is 5.59. The molecule has 6 aliphatic rings. The monoisotopic (exact) mass is 453 g/mol. The van der Waals surface area contributed by atoms with Crippen LogP contribution in [0.25, 0.3) is 33.4 Å². The van der Waals surface area contributed by atoms with E-state index in [4.69, 9.17) is 32.4 Å². The highest BCUT2D eigenvalue weighted by Crippen LogP contribution is 2.42. The number of nitrogens with two attached hydrogens (primary N) is 4. The highest BCUT2D eigenvalue weighted by Gasteiger charge is 2.21. The Morgan fingerprint density at radius 3 is 1.59 bits per heavy atom. The van der Waals surface area contributed by atoms with E-state index in [0.29, 0.717) is 45.9 Å². The number of aromatic nitrogens is 5. The minimum absolute atomic E-state index is 0.270. The van der Waals surface area contributed by atoms with Crippen molar-refractivity contribution < 1.29 is 9.47 Å². The van der Waals surface area contributed by atoms with Gasteiger partial charge in [-0.3, -0.25) is 4.98 Å².